The lowest BCUT2D eigenvalue weighted by Gasteiger charge is -2.52. The molecular weight excluding hydrogens is 452 g/mol. The van der Waals surface area contributed by atoms with E-state index in [1.54, 1.807) is 0 Å². The molecule has 1 aromatic rings. The van der Waals surface area contributed by atoms with Crippen molar-refractivity contribution in [1.82, 2.24) is 19.6 Å². The summed E-state index contributed by atoms with van der Waals surface area (Å²) >= 11 is 0. The largest absolute Gasteiger partial charge is 0.388 e. The van der Waals surface area contributed by atoms with Gasteiger partial charge in [-0.1, -0.05) is 30.3 Å². The van der Waals surface area contributed by atoms with Gasteiger partial charge in [0.05, 0.1) is 23.2 Å². The van der Waals surface area contributed by atoms with E-state index in [-0.39, 0.29) is 23.0 Å². The Morgan fingerprint density at radius 1 is 0.972 bits per heavy atom. The van der Waals surface area contributed by atoms with Crippen LogP contribution < -0.4 is 0 Å². The SMILES string of the molecule is CN(C)C1(c2ccccc2)CCC2(CC1)CN(CC(C)(C)N1CCCC1=O)C(=O)N2CC1(O)CCC1. The lowest BCUT2D eigenvalue weighted by atomic mass is 9.67. The predicted molar refractivity (Wildman–Crippen MR) is 141 cm³/mol. The molecule has 4 fully saturated rings. The molecule has 0 unspecified atom stereocenters. The first-order chi connectivity index (χ1) is 17.0. The van der Waals surface area contributed by atoms with Gasteiger partial charge in [0, 0.05) is 31.6 Å². The summed E-state index contributed by atoms with van der Waals surface area (Å²) in [6, 6.07) is 10.8. The summed E-state index contributed by atoms with van der Waals surface area (Å²) in [6.07, 6.45) is 7.80. The van der Waals surface area contributed by atoms with Crippen LogP contribution in [0.15, 0.2) is 30.3 Å². The summed E-state index contributed by atoms with van der Waals surface area (Å²) in [5.41, 5.74) is -0.150. The van der Waals surface area contributed by atoms with Gasteiger partial charge in [-0.15, -0.1) is 0 Å². The Balaban J connectivity index is 1.41. The van der Waals surface area contributed by atoms with Crippen LogP contribution in [0.2, 0.25) is 0 Å². The topological polar surface area (TPSA) is 67.3 Å². The number of β-amino-alcohol motifs (C(OH)–C–C–N with tert-alkyl or cyclic N) is 1. The van der Waals surface area contributed by atoms with Gasteiger partial charge in [-0.25, -0.2) is 4.79 Å². The summed E-state index contributed by atoms with van der Waals surface area (Å²) in [5.74, 6) is 0.193. The van der Waals surface area contributed by atoms with E-state index in [1.165, 1.54) is 5.56 Å². The number of nitrogens with zero attached hydrogens (tertiary/aromatic N) is 4. The van der Waals surface area contributed by atoms with Gasteiger partial charge in [-0.2, -0.15) is 0 Å². The van der Waals surface area contributed by atoms with E-state index in [1.807, 2.05) is 14.7 Å². The van der Waals surface area contributed by atoms with Gasteiger partial charge in [0.2, 0.25) is 5.91 Å². The third-order valence-electron chi connectivity index (χ3n) is 9.85. The van der Waals surface area contributed by atoms with Crippen LogP contribution in [0, 0.1) is 0 Å². The molecule has 5 rings (SSSR count). The molecule has 2 aliphatic heterocycles. The molecule has 1 spiro atoms. The van der Waals surface area contributed by atoms with E-state index >= 15 is 0 Å². The van der Waals surface area contributed by atoms with Crippen molar-refractivity contribution in [2.75, 3.05) is 40.3 Å². The van der Waals surface area contributed by atoms with Crippen molar-refractivity contribution in [2.45, 2.75) is 93.9 Å². The van der Waals surface area contributed by atoms with Gasteiger partial charge in [-0.3, -0.25) is 9.69 Å². The Morgan fingerprint density at radius 3 is 2.17 bits per heavy atom. The monoisotopic (exact) mass is 496 g/mol. The lowest BCUT2D eigenvalue weighted by molar-refractivity contribution is -0.132. The summed E-state index contributed by atoms with van der Waals surface area (Å²) in [6.45, 7) is 6.57. The van der Waals surface area contributed by atoms with Gasteiger partial charge in [0.1, 0.15) is 0 Å². The average molecular weight is 497 g/mol. The molecule has 0 atom stereocenters. The second kappa shape index (κ2) is 9.02. The number of rotatable bonds is 7. The second-order valence-electron chi connectivity index (χ2n) is 12.8. The minimum absolute atomic E-state index is 0.0344. The Bertz CT molecular complexity index is 979. The number of carbonyl (C=O) groups excluding carboxylic acids is 2. The molecule has 3 amide bonds. The Hall–Kier alpha value is -2.12. The Kier molecular flexibility index (Phi) is 6.39. The first-order valence-electron chi connectivity index (χ1n) is 13.8. The molecule has 7 nitrogen and oxygen atoms in total. The molecule has 2 heterocycles. The van der Waals surface area contributed by atoms with Crippen molar-refractivity contribution in [3.63, 3.8) is 0 Å². The number of carbonyl (C=O) groups is 2. The molecule has 36 heavy (non-hydrogen) atoms. The van der Waals surface area contributed by atoms with Gasteiger partial charge < -0.3 is 19.8 Å². The molecule has 1 aromatic carbocycles. The first kappa shape index (κ1) is 25.5. The molecule has 0 bridgehead atoms. The van der Waals surface area contributed by atoms with Crippen LogP contribution in [0.25, 0.3) is 0 Å². The van der Waals surface area contributed by atoms with Crippen LogP contribution in [0.4, 0.5) is 4.79 Å². The number of urea groups is 1. The molecule has 2 saturated carbocycles. The number of aliphatic hydroxyl groups is 1. The zero-order valence-electron chi connectivity index (χ0n) is 22.6. The van der Waals surface area contributed by atoms with E-state index in [0.29, 0.717) is 26.1 Å². The smallest absolute Gasteiger partial charge is 0.320 e. The van der Waals surface area contributed by atoms with Crippen molar-refractivity contribution in [3.8, 4) is 0 Å². The summed E-state index contributed by atoms with van der Waals surface area (Å²) < 4.78 is 0. The molecule has 7 heteroatoms. The van der Waals surface area contributed by atoms with Gasteiger partial charge >= 0.3 is 6.03 Å². The maximum Gasteiger partial charge on any atom is 0.320 e. The number of hydrogen-bond acceptors (Lipinski definition) is 4. The number of benzene rings is 1. The molecule has 198 valence electrons. The summed E-state index contributed by atoms with van der Waals surface area (Å²) in [5, 5.41) is 11.1. The highest BCUT2D eigenvalue weighted by molar-refractivity contribution is 5.80. The molecular formula is C29H44N4O3. The van der Waals surface area contributed by atoms with E-state index in [9.17, 15) is 14.7 Å². The van der Waals surface area contributed by atoms with Crippen LogP contribution in [0.1, 0.15) is 77.2 Å². The molecule has 2 aliphatic carbocycles. The van der Waals surface area contributed by atoms with Gasteiger partial charge in [0.25, 0.3) is 0 Å². The lowest BCUT2D eigenvalue weighted by Crippen LogP contribution is -2.59. The normalized spacial score (nSPS) is 30.6. The average Bonchev–Trinajstić information content (AvgIpc) is 3.37. The van der Waals surface area contributed by atoms with Gasteiger partial charge in [0.15, 0.2) is 0 Å². The standard InChI is InChI=1S/C29H44N4O3/c1-26(2,32-19-8-12-24(32)34)20-31-21-27(33(25(31)35)22-28(36)13-9-14-28)15-17-29(18-16-27,30(3)4)23-10-6-5-7-11-23/h5-7,10-11,36H,8-9,12-22H2,1-4H3. The highest BCUT2D eigenvalue weighted by Gasteiger charge is 2.57. The van der Waals surface area contributed by atoms with Gasteiger partial charge in [-0.05, 0) is 84.9 Å². The summed E-state index contributed by atoms with van der Waals surface area (Å²) in [4.78, 5) is 34.8. The predicted octanol–water partition coefficient (Wildman–Crippen LogP) is 3.81. The number of hydrogen-bond donors (Lipinski definition) is 1. The minimum atomic E-state index is -0.755. The highest BCUT2D eigenvalue weighted by Crippen LogP contribution is 2.50. The van der Waals surface area contributed by atoms with Crippen molar-refractivity contribution in [1.29, 1.82) is 0 Å². The van der Waals surface area contributed by atoms with Crippen LogP contribution in [0.3, 0.4) is 0 Å². The fourth-order valence-electron chi connectivity index (χ4n) is 7.42. The Labute approximate surface area is 216 Å². The first-order valence-corrected chi connectivity index (χ1v) is 13.8. The third kappa shape index (κ3) is 4.22. The van der Waals surface area contributed by atoms with E-state index < -0.39 is 11.1 Å². The van der Waals surface area contributed by atoms with E-state index in [0.717, 1.165) is 57.9 Å². The van der Waals surface area contributed by atoms with Crippen LogP contribution in [-0.2, 0) is 10.3 Å². The maximum atomic E-state index is 14.0. The fraction of sp³-hybridized carbons (Fsp3) is 0.724. The molecule has 0 radical (unpaired) electrons. The number of amides is 3. The molecule has 4 aliphatic rings. The van der Waals surface area contributed by atoms with E-state index in [4.69, 9.17) is 0 Å². The number of likely N-dealkylation sites (tertiary alicyclic amines) is 1. The van der Waals surface area contributed by atoms with Crippen molar-refractivity contribution in [3.05, 3.63) is 35.9 Å². The van der Waals surface area contributed by atoms with Crippen molar-refractivity contribution < 1.29 is 14.7 Å². The minimum Gasteiger partial charge on any atom is -0.388 e. The van der Waals surface area contributed by atoms with Crippen LogP contribution >= 0.6 is 0 Å². The fourth-order valence-corrected chi connectivity index (χ4v) is 7.42. The van der Waals surface area contributed by atoms with Crippen LogP contribution in [0.5, 0.6) is 0 Å². The molecule has 0 aromatic heterocycles. The molecule has 1 N–H and O–H groups in total. The van der Waals surface area contributed by atoms with Crippen molar-refractivity contribution in [2.24, 2.45) is 0 Å². The maximum absolute atomic E-state index is 14.0. The highest BCUT2D eigenvalue weighted by atomic mass is 16.3. The third-order valence-corrected chi connectivity index (χ3v) is 9.85. The Morgan fingerprint density at radius 2 is 1.64 bits per heavy atom. The second-order valence-corrected chi connectivity index (χ2v) is 12.8. The summed E-state index contributed by atoms with van der Waals surface area (Å²) in [7, 11) is 4.34. The quantitative estimate of drug-likeness (QED) is 0.623. The zero-order valence-corrected chi connectivity index (χ0v) is 22.6. The van der Waals surface area contributed by atoms with E-state index in [2.05, 4.69) is 63.2 Å². The molecule has 2 saturated heterocycles. The van der Waals surface area contributed by atoms with Crippen molar-refractivity contribution >= 4 is 11.9 Å². The van der Waals surface area contributed by atoms with Crippen LogP contribution in [-0.4, -0.2) is 93.6 Å². The zero-order chi connectivity index (χ0) is 25.8.